The summed E-state index contributed by atoms with van der Waals surface area (Å²) in [6, 6.07) is 12.8. The van der Waals surface area contributed by atoms with Crippen molar-refractivity contribution in [3.8, 4) is 17.2 Å². The minimum absolute atomic E-state index is 0.246. The lowest BCUT2D eigenvalue weighted by atomic mass is 9.81. The quantitative estimate of drug-likeness (QED) is 0.661. The number of rotatable bonds is 8. The molecule has 5 heteroatoms. The summed E-state index contributed by atoms with van der Waals surface area (Å²) in [6.07, 6.45) is 0.657. The van der Waals surface area contributed by atoms with Gasteiger partial charge in [-0.25, -0.2) is 4.79 Å². The molecule has 0 aromatic heterocycles. The number of methoxy groups -OCH3 is 3. The van der Waals surface area contributed by atoms with Crippen molar-refractivity contribution >= 4 is 5.97 Å². The third-order valence-corrected chi connectivity index (χ3v) is 4.42. The summed E-state index contributed by atoms with van der Waals surface area (Å²) in [7, 11) is 4.76. The molecule has 0 N–H and O–H groups in total. The highest BCUT2D eigenvalue weighted by atomic mass is 16.5. The van der Waals surface area contributed by atoms with Gasteiger partial charge in [-0.15, -0.1) is 0 Å². The largest absolute Gasteiger partial charge is 0.493 e. The van der Waals surface area contributed by atoms with Crippen LogP contribution < -0.4 is 14.2 Å². The van der Waals surface area contributed by atoms with Crippen LogP contribution in [0.15, 0.2) is 42.5 Å². The van der Waals surface area contributed by atoms with Gasteiger partial charge in [0.05, 0.1) is 33.5 Å². The van der Waals surface area contributed by atoms with Crippen LogP contribution in [0.25, 0.3) is 0 Å². The van der Waals surface area contributed by atoms with Crippen LogP contribution in [0.3, 0.4) is 0 Å². The van der Waals surface area contributed by atoms with Crippen LogP contribution in [0.2, 0.25) is 0 Å². The molecule has 0 fully saturated rings. The van der Waals surface area contributed by atoms with Gasteiger partial charge in [-0.05, 0) is 41.7 Å². The maximum Gasteiger partial charge on any atom is 0.338 e. The zero-order chi connectivity index (χ0) is 19.2. The molecule has 0 radical (unpaired) electrons. The molecule has 0 amide bonds. The summed E-state index contributed by atoms with van der Waals surface area (Å²) in [6.45, 7) is 4.49. The number of carbonyl (C=O) groups is 1. The van der Waals surface area contributed by atoms with E-state index in [1.54, 1.807) is 33.5 Å². The van der Waals surface area contributed by atoms with E-state index in [4.69, 9.17) is 18.9 Å². The average molecular weight is 358 g/mol. The van der Waals surface area contributed by atoms with Crippen LogP contribution in [0.4, 0.5) is 0 Å². The predicted molar refractivity (Wildman–Crippen MR) is 100 cm³/mol. The minimum atomic E-state index is -0.314. The lowest BCUT2D eigenvalue weighted by Gasteiger charge is -2.27. The second-order valence-electron chi connectivity index (χ2n) is 6.55. The van der Waals surface area contributed by atoms with Crippen LogP contribution in [0, 0.1) is 0 Å². The first-order valence-electron chi connectivity index (χ1n) is 8.45. The Bertz CT molecular complexity index is 712. The molecule has 0 saturated heterocycles. The molecule has 0 atom stereocenters. The Balaban J connectivity index is 2.10. The molecule has 0 unspecified atom stereocenters. The van der Waals surface area contributed by atoms with Gasteiger partial charge in [-0.3, -0.25) is 0 Å². The summed E-state index contributed by atoms with van der Waals surface area (Å²) in [5.74, 6) is 1.46. The van der Waals surface area contributed by atoms with Crippen LogP contribution in [-0.2, 0) is 10.2 Å². The van der Waals surface area contributed by atoms with Gasteiger partial charge in [0, 0.05) is 0 Å². The standard InChI is InChI=1S/C21H26O5/c1-21(2,11-12-26-20(22)15-9-7-6-8-10-15)16-13-17(23-3)19(25-5)18(14-16)24-4/h6-10,13-14H,11-12H2,1-5H3. The summed E-state index contributed by atoms with van der Waals surface area (Å²) in [5, 5.41) is 0. The summed E-state index contributed by atoms with van der Waals surface area (Å²) < 4.78 is 21.6. The Morgan fingerprint density at radius 3 is 2.00 bits per heavy atom. The van der Waals surface area contributed by atoms with E-state index in [-0.39, 0.29) is 11.4 Å². The first-order chi connectivity index (χ1) is 12.4. The molecule has 5 nitrogen and oxygen atoms in total. The molecular weight excluding hydrogens is 332 g/mol. The fourth-order valence-electron chi connectivity index (χ4n) is 2.67. The van der Waals surface area contributed by atoms with E-state index in [0.717, 1.165) is 5.56 Å². The normalized spacial score (nSPS) is 11.0. The zero-order valence-corrected chi connectivity index (χ0v) is 16.0. The van der Waals surface area contributed by atoms with E-state index in [1.165, 1.54) is 0 Å². The Morgan fingerprint density at radius 2 is 1.50 bits per heavy atom. The highest BCUT2D eigenvalue weighted by Gasteiger charge is 2.25. The van der Waals surface area contributed by atoms with Crippen LogP contribution in [0.1, 0.15) is 36.2 Å². The van der Waals surface area contributed by atoms with Crippen molar-refractivity contribution in [2.45, 2.75) is 25.7 Å². The van der Waals surface area contributed by atoms with Crippen molar-refractivity contribution in [2.75, 3.05) is 27.9 Å². The average Bonchev–Trinajstić information content (AvgIpc) is 2.67. The van der Waals surface area contributed by atoms with Gasteiger partial charge in [-0.2, -0.15) is 0 Å². The smallest absolute Gasteiger partial charge is 0.338 e. The first-order valence-corrected chi connectivity index (χ1v) is 8.45. The second-order valence-corrected chi connectivity index (χ2v) is 6.55. The van der Waals surface area contributed by atoms with E-state index in [9.17, 15) is 4.79 Å². The Kier molecular flexibility index (Phi) is 6.50. The van der Waals surface area contributed by atoms with Gasteiger partial charge < -0.3 is 18.9 Å². The van der Waals surface area contributed by atoms with Crippen molar-refractivity contribution in [1.82, 2.24) is 0 Å². The molecular formula is C21H26O5. The van der Waals surface area contributed by atoms with Crippen LogP contribution in [0.5, 0.6) is 17.2 Å². The van der Waals surface area contributed by atoms with Crippen molar-refractivity contribution in [3.63, 3.8) is 0 Å². The third-order valence-electron chi connectivity index (χ3n) is 4.42. The van der Waals surface area contributed by atoms with Gasteiger partial charge in [0.15, 0.2) is 11.5 Å². The number of benzene rings is 2. The zero-order valence-electron chi connectivity index (χ0n) is 16.0. The molecule has 0 spiro atoms. The highest BCUT2D eigenvalue weighted by Crippen LogP contribution is 2.42. The summed E-state index contributed by atoms with van der Waals surface area (Å²) in [4.78, 5) is 12.1. The first kappa shape index (κ1) is 19.6. The van der Waals surface area contributed by atoms with Crippen molar-refractivity contribution in [3.05, 3.63) is 53.6 Å². The Hall–Kier alpha value is -2.69. The molecule has 0 bridgehead atoms. The third kappa shape index (κ3) is 4.48. The molecule has 0 saturated carbocycles. The van der Waals surface area contributed by atoms with Gasteiger partial charge in [0.25, 0.3) is 0 Å². The van der Waals surface area contributed by atoms with Crippen molar-refractivity contribution < 1.29 is 23.7 Å². The van der Waals surface area contributed by atoms with Gasteiger partial charge >= 0.3 is 5.97 Å². The fourth-order valence-corrected chi connectivity index (χ4v) is 2.67. The number of carbonyl (C=O) groups excluding carboxylic acids is 1. The molecule has 0 aliphatic rings. The number of esters is 1. The summed E-state index contributed by atoms with van der Waals surface area (Å²) >= 11 is 0. The van der Waals surface area contributed by atoms with Crippen molar-refractivity contribution in [2.24, 2.45) is 0 Å². The number of hydrogen-bond acceptors (Lipinski definition) is 5. The number of ether oxygens (including phenoxy) is 4. The molecule has 0 aliphatic heterocycles. The molecule has 0 aliphatic carbocycles. The van der Waals surface area contributed by atoms with Crippen molar-refractivity contribution in [1.29, 1.82) is 0 Å². The maximum atomic E-state index is 12.1. The van der Waals surface area contributed by atoms with E-state index in [0.29, 0.717) is 35.8 Å². The summed E-state index contributed by atoms with van der Waals surface area (Å²) in [5.41, 5.74) is 1.32. The van der Waals surface area contributed by atoms with Crippen LogP contribution >= 0.6 is 0 Å². The van der Waals surface area contributed by atoms with Gasteiger partial charge in [0.2, 0.25) is 5.75 Å². The highest BCUT2D eigenvalue weighted by molar-refractivity contribution is 5.89. The topological polar surface area (TPSA) is 54.0 Å². The molecule has 2 rings (SSSR count). The predicted octanol–water partition coefficient (Wildman–Crippen LogP) is 4.24. The molecule has 0 heterocycles. The Labute approximate surface area is 154 Å². The molecule has 2 aromatic carbocycles. The van der Waals surface area contributed by atoms with E-state index in [2.05, 4.69) is 13.8 Å². The van der Waals surface area contributed by atoms with Gasteiger partial charge in [-0.1, -0.05) is 32.0 Å². The monoisotopic (exact) mass is 358 g/mol. The molecule has 26 heavy (non-hydrogen) atoms. The lowest BCUT2D eigenvalue weighted by molar-refractivity contribution is 0.0480. The SMILES string of the molecule is COc1cc(C(C)(C)CCOC(=O)c2ccccc2)cc(OC)c1OC. The van der Waals surface area contributed by atoms with E-state index >= 15 is 0 Å². The van der Waals surface area contributed by atoms with E-state index in [1.807, 2.05) is 30.3 Å². The fraction of sp³-hybridized carbons (Fsp3) is 0.381. The van der Waals surface area contributed by atoms with Crippen LogP contribution in [-0.4, -0.2) is 33.9 Å². The second kappa shape index (κ2) is 8.61. The molecule has 2 aromatic rings. The van der Waals surface area contributed by atoms with Gasteiger partial charge in [0.1, 0.15) is 0 Å². The maximum absolute atomic E-state index is 12.1. The lowest BCUT2D eigenvalue weighted by Crippen LogP contribution is -2.21. The minimum Gasteiger partial charge on any atom is -0.493 e. The van der Waals surface area contributed by atoms with E-state index < -0.39 is 0 Å². The molecule has 140 valence electrons. The Morgan fingerprint density at radius 1 is 0.923 bits per heavy atom. The number of hydrogen-bond donors (Lipinski definition) is 0.